The van der Waals surface area contributed by atoms with Crippen LogP contribution in [0.25, 0.3) is 11.4 Å². The van der Waals surface area contributed by atoms with E-state index in [9.17, 15) is 0 Å². The number of rotatable bonds is 4. The fraction of sp³-hybridized carbons (Fsp3) is 0.211. The van der Waals surface area contributed by atoms with Crippen LogP contribution in [0.4, 0.5) is 0 Å². The Morgan fingerprint density at radius 3 is 2.48 bits per heavy atom. The molecule has 1 atom stereocenters. The van der Waals surface area contributed by atoms with Crippen molar-refractivity contribution in [2.45, 2.75) is 24.3 Å². The van der Waals surface area contributed by atoms with E-state index in [1.807, 2.05) is 54.1 Å². The van der Waals surface area contributed by atoms with E-state index in [1.165, 1.54) is 0 Å². The summed E-state index contributed by atoms with van der Waals surface area (Å²) in [5.74, 6) is 1.59. The molecule has 1 aromatic heterocycles. The van der Waals surface area contributed by atoms with E-state index in [1.54, 1.807) is 11.8 Å². The van der Waals surface area contributed by atoms with E-state index >= 15 is 0 Å². The van der Waals surface area contributed by atoms with Gasteiger partial charge in [0.25, 0.3) is 0 Å². The minimum Gasteiger partial charge on any atom is -0.494 e. The molecule has 1 aliphatic rings. The molecule has 2 aromatic carbocycles. The number of benzene rings is 2. The highest BCUT2D eigenvalue weighted by molar-refractivity contribution is 8.00. The first-order valence-electron chi connectivity index (χ1n) is 8.26. The van der Waals surface area contributed by atoms with E-state index in [4.69, 9.17) is 9.84 Å². The van der Waals surface area contributed by atoms with Gasteiger partial charge in [0.2, 0.25) is 5.16 Å². The third-order valence-electron chi connectivity index (χ3n) is 3.98. The maximum Gasteiger partial charge on any atom is 0.213 e. The van der Waals surface area contributed by atoms with Crippen LogP contribution < -0.4 is 4.74 Å². The Hall–Kier alpha value is -2.60. The minimum absolute atomic E-state index is 0.229. The molecule has 6 heteroatoms. The summed E-state index contributed by atoms with van der Waals surface area (Å²) in [4.78, 5) is 0. The number of ether oxygens (including phenoxy) is 1. The molecule has 0 fully saturated rings. The van der Waals surface area contributed by atoms with Crippen LogP contribution in [-0.2, 0) is 0 Å². The summed E-state index contributed by atoms with van der Waals surface area (Å²) in [6, 6.07) is 18.1. The van der Waals surface area contributed by atoms with Crippen LogP contribution in [-0.4, -0.2) is 32.4 Å². The third-order valence-corrected chi connectivity index (χ3v) is 5.02. The number of hydrogen-bond acceptors (Lipinski definition) is 5. The van der Waals surface area contributed by atoms with Gasteiger partial charge in [-0.25, -0.2) is 0 Å². The first-order valence-corrected chi connectivity index (χ1v) is 9.14. The predicted octanol–water partition coefficient (Wildman–Crippen LogP) is 4.09. The fourth-order valence-electron chi connectivity index (χ4n) is 2.78. The Balaban J connectivity index is 1.74. The largest absolute Gasteiger partial charge is 0.494 e. The van der Waals surface area contributed by atoms with Gasteiger partial charge >= 0.3 is 0 Å². The second-order valence-corrected chi connectivity index (χ2v) is 6.99. The molecule has 0 aliphatic carbocycles. The molecule has 2 heterocycles. The summed E-state index contributed by atoms with van der Waals surface area (Å²) < 4.78 is 7.34. The van der Waals surface area contributed by atoms with Crippen LogP contribution in [0.15, 0.2) is 64.9 Å². The smallest absolute Gasteiger partial charge is 0.213 e. The van der Waals surface area contributed by atoms with Crippen molar-refractivity contribution in [3.63, 3.8) is 0 Å². The van der Waals surface area contributed by atoms with E-state index in [2.05, 4.69) is 29.3 Å². The number of hydrogen-bond donors (Lipinski definition) is 0. The molecule has 0 saturated heterocycles. The van der Waals surface area contributed by atoms with Crippen molar-refractivity contribution in [3.05, 3.63) is 60.2 Å². The lowest BCUT2D eigenvalue weighted by Gasteiger charge is -2.19. The molecule has 0 bridgehead atoms. The van der Waals surface area contributed by atoms with E-state index < -0.39 is 0 Å². The summed E-state index contributed by atoms with van der Waals surface area (Å²) in [5.41, 5.74) is 3.12. The molecule has 126 valence electrons. The molecule has 25 heavy (non-hydrogen) atoms. The molecule has 1 aliphatic heterocycles. The van der Waals surface area contributed by atoms with Gasteiger partial charge in [-0.05, 0) is 43.7 Å². The average Bonchev–Trinajstić information content (AvgIpc) is 3.05. The lowest BCUT2D eigenvalue weighted by atomic mass is 10.1. The molecule has 0 amide bonds. The number of fused-ring (bicyclic) bond motifs is 1. The van der Waals surface area contributed by atoms with Gasteiger partial charge in [-0.1, -0.05) is 42.1 Å². The molecule has 5 nitrogen and oxygen atoms in total. The van der Waals surface area contributed by atoms with Gasteiger partial charge in [-0.2, -0.15) is 9.78 Å². The number of nitrogens with zero attached hydrogens (tertiary/aromatic N) is 4. The quantitative estimate of drug-likeness (QED) is 0.711. The maximum atomic E-state index is 5.51. The van der Waals surface area contributed by atoms with Crippen molar-refractivity contribution in [1.29, 1.82) is 0 Å². The monoisotopic (exact) mass is 350 g/mol. The van der Waals surface area contributed by atoms with Gasteiger partial charge < -0.3 is 4.74 Å². The van der Waals surface area contributed by atoms with Gasteiger partial charge in [0.05, 0.1) is 17.6 Å². The van der Waals surface area contributed by atoms with Gasteiger partial charge in [0.15, 0.2) is 5.82 Å². The summed E-state index contributed by atoms with van der Waals surface area (Å²) in [6.45, 7) is 4.77. The molecule has 0 radical (unpaired) electrons. The Morgan fingerprint density at radius 2 is 1.76 bits per heavy atom. The molecule has 4 rings (SSSR count). The number of thioether (sulfide) groups is 1. The average molecular weight is 350 g/mol. The molecular formula is C19H18N4OS. The summed E-state index contributed by atoms with van der Waals surface area (Å²) >= 11 is 1.68. The van der Waals surface area contributed by atoms with Crippen LogP contribution in [0.5, 0.6) is 5.75 Å². The topological polar surface area (TPSA) is 52.3 Å². The van der Waals surface area contributed by atoms with Gasteiger partial charge in [-0.3, -0.25) is 0 Å². The predicted molar refractivity (Wildman–Crippen MR) is 100 cm³/mol. The van der Waals surface area contributed by atoms with Crippen LogP contribution in [0.3, 0.4) is 0 Å². The van der Waals surface area contributed by atoms with E-state index in [0.717, 1.165) is 33.6 Å². The molecule has 0 saturated carbocycles. The highest BCUT2D eigenvalue weighted by Gasteiger charge is 2.26. The third kappa shape index (κ3) is 3.05. The fourth-order valence-corrected chi connectivity index (χ4v) is 3.71. The van der Waals surface area contributed by atoms with Crippen LogP contribution in [0, 0.1) is 0 Å². The SMILES string of the molecule is CCOc1ccc(-c2nnc3n2N=C(c2ccccc2)[C@H](C)S3)cc1. The van der Waals surface area contributed by atoms with Crippen molar-refractivity contribution in [3.8, 4) is 17.1 Å². The standard InChI is InChI=1S/C19H18N4OS/c1-3-24-16-11-9-15(10-12-16)18-20-21-19-23(18)22-17(13(2)25-19)14-7-5-4-6-8-14/h4-13H,3H2,1-2H3/t13-/m0/s1. The first-order chi connectivity index (χ1) is 12.3. The summed E-state index contributed by atoms with van der Waals surface area (Å²) in [6.07, 6.45) is 0. The first kappa shape index (κ1) is 15.9. The van der Waals surface area contributed by atoms with E-state index in [0.29, 0.717) is 6.61 Å². The van der Waals surface area contributed by atoms with Crippen molar-refractivity contribution in [2.24, 2.45) is 5.10 Å². The van der Waals surface area contributed by atoms with Crippen molar-refractivity contribution >= 4 is 17.5 Å². The zero-order valence-corrected chi connectivity index (χ0v) is 14.9. The van der Waals surface area contributed by atoms with Crippen LogP contribution in [0.2, 0.25) is 0 Å². The van der Waals surface area contributed by atoms with Gasteiger partial charge in [0, 0.05) is 5.56 Å². The second-order valence-electron chi connectivity index (χ2n) is 5.69. The van der Waals surface area contributed by atoms with Crippen molar-refractivity contribution in [2.75, 3.05) is 6.61 Å². The Labute approximate surface area is 150 Å². The lowest BCUT2D eigenvalue weighted by Crippen LogP contribution is -2.21. The highest BCUT2D eigenvalue weighted by atomic mass is 32.2. The summed E-state index contributed by atoms with van der Waals surface area (Å²) in [5, 5.41) is 14.6. The van der Waals surface area contributed by atoms with Gasteiger partial charge in [0.1, 0.15) is 5.75 Å². The lowest BCUT2D eigenvalue weighted by molar-refractivity contribution is 0.340. The second kappa shape index (κ2) is 6.72. The molecule has 0 N–H and O–H groups in total. The Kier molecular flexibility index (Phi) is 4.28. The molecule has 0 unspecified atom stereocenters. The molecule has 3 aromatic rings. The van der Waals surface area contributed by atoms with Crippen molar-refractivity contribution in [1.82, 2.24) is 14.9 Å². The molecular weight excluding hydrogens is 332 g/mol. The zero-order chi connectivity index (χ0) is 17.2. The van der Waals surface area contributed by atoms with Gasteiger partial charge in [-0.15, -0.1) is 10.2 Å². The zero-order valence-electron chi connectivity index (χ0n) is 14.1. The highest BCUT2D eigenvalue weighted by Crippen LogP contribution is 2.33. The van der Waals surface area contributed by atoms with Crippen molar-refractivity contribution < 1.29 is 4.74 Å². The normalized spacial score (nSPS) is 16.2. The van der Waals surface area contributed by atoms with E-state index in [-0.39, 0.29) is 5.25 Å². The summed E-state index contributed by atoms with van der Waals surface area (Å²) in [7, 11) is 0. The minimum atomic E-state index is 0.229. The maximum absolute atomic E-state index is 5.51. The number of aromatic nitrogens is 3. The Morgan fingerprint density at radius 1 is 1.00 bits per heavy atom. The van der Waals surface area contributed by atoms with Crippen LogP contribution >= 0.6 is 11.8 Å². The molecule has 0 spiro atoms. The van der Waals surface area contributed by atoms with Crippen LogP contribution in [0.1, 0.15) is 19.4 Å². The Bertz CT molecular complexity index is 903.